The van der Waals surface area contributed by atoms with Gasteiger partial charge in [0.05, 0.1) is 11.4 Å². The van der Waals surface area contributed by atoms with Crippen LogP contribution in [0.2, 0.25) is 0 Å². The van der Waals surface area contributed by atoms with Crippen molar-refractivity contribution in [1.29, 1.82) is 0 Å². The minimum absolute atomic E-state index is 0.0360. The highest BCUT2D eigenvalue weighted by Crippen LogP contribution is 2.41. The fourth-order valence-corrected chi connectivity index (χ4v) is 3.94. The first-order chi connectivity index (χ1) is 12.1. The Kier molecular flexibility index (Phi) is 3.90. The van der Waals surface area contributed by atoms with Crippen molar-refractivity contribution in [2.24, 2.45) is 0 Å². The molecule has 1 aliphatic carbocycles. The standard InChI is InChI=1S/C19H22FN5/c1-13-14(2)24-25-12-22-23-18(25)17(13)21-11-19(9-3-4-10-19)15-5-7-16(20)8-6-15/h5-8,12,21H,3-4,9-11H2,1-2H3. The number of hydrogen-bond acceptors (Lipinski definition) is 4. The molecule has 1 aliphatic rings. The number of halogens is 1. The third kappa shape index (κ3) is 2.75. The van der Waals surface area contributed by atoms with Crippen LogP contribution in [0.1, 0.15) is 42.5 Å². The number of benzene rings is 1. The van der Waals surface area contributed by atoms with Gasteiger partial charge in [0.2, 0.25) is 5.65 Å². The largest absolute Gasteiger partial charge is 0.381 e. The van der Waals surface area contributed by atoms with Gasteiger partial charge in [0.25, 0.3) is 0 Å². The number of nitrogens with one attached hydrogen (secondary N) is 1. The Hall–Kier alpha value is -2.50. The number of rotatable bonds is 4. The highest BCUT2D eigenvalue weighted by atomic mass is 19.1. The number of anilines is 1. The summed E-state index contributed by atoms with van der Waals surface area (Å²) in [6, 6.07) is 6.99. The van der Waals surface area contributed by atoms with E-state index in [0.717, 1.165) is 42.0 Å². The lowest BCUT2D eigenvalue weighted by molar-refractivity contribution is 0.465. The van der Waals surface area contributed by atoms with Crippen LogP contribution in [-0.2, 0) is 5.41 Å². The maximum atomic E-state index is 13.3. The first-order valence-corrected chi connectivity index (χ1v) is 8.76. The second-order valence-corrected chi connectivity index (χ2v) is 7.03. The van der Waals surface area contributed by atoms with Crippen LogP contribution in [0, 0.1) is 19.7 Å². The van der Waals surface area contributed by atoms with Crippen LogP contribution >= 0.6 is 0 Å². The number of aryl methyl sites for hydroxylation is 1. The molecule has 2 heterocycles. The molecule has 0 unspecified atom stereocenters. The summed E-state index contributed by atoms with van der Waals surface area (Å²) in [5.74, 6) is -0.185. The summed E-state index contributed by atoms with van der Waals surface area (Å²) >= 11 is 0. The number of aromatic nitrogens is 4. The first kappa shape index (κ1) is 16.0. The van der Waals surface area contributed by atoms with Gasteiger partial charge in [0.15, 0.2) is 0 Å². The normalized spacial score (nSPS) is 16.4. The molecular weight excluding hydrogens is 317 g/mol. The van der Waals surface area contributed by atoms with Crippen LogP contribution < -0.4 is 5.32 Å². The van der Waals surface area contributed by atoms with Crippen LogP contribution in [0.4, 0.5) is 10.1 Å². The van der Waals surface area contributed by atoms with Gasteiger partial charge in [-0.25, -0.2) is 4.39 Å². The van der Waals surface area contributed by atoms with Crippen molar-refractivity contribution >= 4 is 11.3 Å². The van der Waals surface area contributed by atoms with E-state index in [1.165, 1.54) is 18.4 Å². The fraction of sp³-hybridized carbons (Fsp3) is 0.421. The summed E-state index contributed by atoms with van der Waals surface area (Å²) in [4.78, 5) is 0. The molecule has 0 saturated heterocycles. The van der Waals surface area contributed by atoms with Gasteiger partial charge in [-0.2, -0.15) is 9.61 Å². The Balaban J connectivity index is 1.68. The van der Waals surface area contributed by atoms with E-state index in [4.69, 9.17) is 0 Å². The van der Waals surface area contributed by atoms with E-state index >= 15 is 0 Å². The molecule has 25 heavy (non-hydrogen) atoms. The molecule has 0 atom stereocenters. The molecule has 1 saturated carbocycles. The number of fused-ring (bicyclic) bond motifs is 1. The molecule has 0 radical (unpaired) electrons. The van der Waals surface area contributed by atoms with Crippen molar-refractivity contribution < 1.29 is 4.39 Å². The van der Waals surface area contributed by atoms with Gasteiger partial charge in [0.1, 0.15) is 12.1 Å². The van der Waals surface area contributed by atoms with Crippen LogP contribution in [0.25, 0.3) is 5.65 Å². The minimum Gasteiger partial charge on any atom is -0.381 e. The van der Waals surface area contributed by atoms with Gasteiger partial charge in [-0.1, -0.05) is 25.0 Å². The lowest BCUT2D eigenvalue weighted by Gasteiger charge is -2.31. The molecule has 130 valence electrons. The van der Waals surface area contributed by atoms with Gasteiger partial charge < -0.3 is 5.32 Å². The third-order valence-electron chi connectivity index (χ3n) is 5.55. The average molecular weight is 339 g/mol. The smallest absolute Gasteiger partial charge is 0.200 e. The molecule has 0 bridgehead atoms. The Morgan fingerprint density at radius 2 is 1.88 bits per heavy atom. The maximum absolute atomic E-state index is 13.3. The van der Waals surface area contributed by atoms with Gasteiger partial charge in [0, 0.05) is 12.0 Å². The van der Waals surface area contributed by atoms with Crippen molar-refractivity contribution in [2.45, 2.75) is 44.9 Å². The topological polar surface area (TPSA) is 55.1 Å². The lowest BCUT2D eigenvalue weighted by Crippen LogP contribution is -2.32. The Morgan fingerprint density at radius 3 is 2.60 bits per heavy atom. The third-order valence-corrected chi connectivity index (χ3v) is 5.55. The predicted molar refractivity (Wildman–Crippen MR) is 95.3 cm³/mol. The highest BCUT2D eigenvalue weighted by Gasteiger charge is 2.35. The van der Waals surface area contributed by atoms with E-state index in [1.807, 2.05) is 19.1 Å². The highest BCUT2D eigenvalue weighted by molar-refractivity contribution is 5.71. The maximum Gasteiger partial charge on any atom is 0.200 e. The zero-order chi connectivity index (χ0) is 17.4. The van der Waals surface area contributed by atoms with E-state index in [2.05, 4.69) is 27.5 Å². The average Bonchev–Trinajstić information content (AvgIpc) is 3.26. The van der Waals surface area contributed by atoms with Gasteiger partial charge in [-0.15, -0.1) is 10.2 Å². The summed E-state index contributed by atoms with van der Waals surface area (Å²) in [6.45, 7) is 4.84. The summed E-state index contributed by atoms with van der Waals surface area (Å²) in [6.07, 6.45) is 6.25. The van der Waals surface area contributed by atoms with Crippen LogP contribution in [-0.4, -0.2) is 26.4 Å². The SMILES string of the molecule is Cc1nn2cnnc2c(NCC2(c3ccc(F)cc3)CCCC2)c1C. The van der Waals surface area contributed by atoms with Crippen LogP contribution in [0.5, 0.6) is 0 Å². The molecule has 4 rings (SSSR count). The van der Waals surface area contributed by atoms with E-state index in [1.54, 1.807) is 23.0 Å². The van der Waals surface area contributed by atoms with Crippen molar-refractivity contribution in [2.75, 3.05) is 11.9 Å². The van der Waals surface area contributed by atoms with Crippen LogP contribution in [0.3, 0.4) is 0 Å². The summed E-state index contributed by atoms with van der Waals surface area (Å²) in [5, 5.41) is 16.3. The molecule has 0 amide bonds. The predicted octanol–water partition coefficient (Wildman–Crippen LogP) is 3.80. The van der Waals surface area contributed by atoms with E-state index in [9.17, 15) is 4.39 Å². The number of hydrogen-bond donors (Lipinski definition) is 1. The molecule has 0 aliphatic heterocycles. The zero-order valence-electron chi connectivity index (χ0n) is 14.6. The van der Waals surface area contributed by atoms with Crippen molar-refractivity contribution in [3.63, 3.8) is 0 Å². The summed E-state index contributed by atoms with van der Waals surface area (Å²) in [7, 11) is 0. The molecular formula is C19H22FN5. The van der Waals surface area contributed by atoms with E-state index in [-0.39, 0.29) is 11.2 Å². The summed E-state index contributed by atoms with van der Waals surface area (Å²) < 4.78 is 15.1. The van der Waals surface area contributed by atoms with E-state index < -0.39 is 0 Å². The molecule has 1 aromatic carbocycles. The van der Waals surface area contributed by atoms with Crippen molar-refractivity contribution in [3.05, 3.63) is 53.2 Å². The number of nitrogens with zero attached hydrogens (tertiary/aromatic N) is 4. The van der Waals surface area contributed by atoms with Gasteiger partial charge in [-0.3, -0.25) is 0 Å². The van der Waals surface area contributed by atoms with E-state index in [0.29, 0.717) is 0 Å². The molecule has 3 aromatic rings. The fourth-order valence-electron chi connectivity index (χ4n) is 3.94. The molecule has 2 aromatic heterocycles. The minimum atomic E-state index is -0.185. The molecule has 1 fully saturated rings. The second kappa shape index (κ2) is 6.10. The molecule has 6 heteroatoms. The van der Waals surface area contributed by atoms with Gasteiger partial charge in [-0.05, 0) is 49.9 Å². The molecule has 1 N–H and O–H groups in total. The molecule has 0 spiro atoms. The monoisotopic (exact) mass is 339 g/mol. The second-order valence-electron chi connectivity index (χ2n) is 7.03. The Bertz CT molecular complexity index is 894. The first-order valence-electron chi connectivity index (χ1n) is 8.76. The summed E-state index contributed by atoms with van der Waals surface area (Å²) in [5.41, 5.74) is 5.02. The van der Waals surface area contributed by atoms with Crippen LogP contribution in [0.15, 0.2) is 30.6 Å². The van der Waals surface area contributed by atoms with Crippen molar-refractivity contribution in [3.8, 4) is 0 Å². The van der Waals surface area contributed by atoms with Crippen molar-refractivity contribution in [1.82, 2.24) is 19.8 Å². The lowest BCUT2D eigenvalue weighted by atomic mass is 9.78. The quantitative estimate of drug-likeness (QED) is 0.785. The van der Waals surface area contributed by atoms with Gasteiger partial charge >= 0.3 is 0 Å². The Labute approximate surface area is 146 Å². The Morgan fingerprint density at radius 1 is 1.16 bits per heavy atom. The molecule has 5 nitrogen and oxygen atoms in total. The zero-order valence-corrected chi connectivity index (χ0v) is 14.6.